The Hall–Kier alpha value is -1.07. The fraction of sp³-hybridized carbons (Fsp3) is 0.250. The quantitative estimate of drug-likeness (QED) is 0.745. The summed E-state index contributed by atoms with van der Waals surface area (Å²) in [6.07, 6.45) is 0. The average Bonchev–Trinajstić information content (AvgIpc) is 2.04. The molecule has 0 amide bonds. The molecule has 0 aromatic heterocycles. The highest BCUT2D eigenvalue weighted by Gasteiger charge is 2.07. The van der Waals surface area contributed by atoms with Gasteiger partial charge in [-0.2, -0.15) is 8.42 Å². The van der Waals surface area contributed by atoms with E-state index >= 15 is 0 Å². The molecule has 0 fully saturated rings. The summed E-state index contributed by atoms with van der Waals surface area (Å²) < 4.78 is 29.9. The molecule has 71 valence electrons. The van der Waals surface area contributed by atoms with Crippen molar-refractivity contribution in [3.05, 3.63) is 24.3 Å². The Kier molecular flexibility index (Phi) is 2.90. The number of hydrogen-bond donors (Lipinski definition) is 1. The van der Waals surface area contributed by atoms with Gasteiger partial charge in [0.1, 0.15) is 0 Å². The highest BCUT2D eigenvalue weighted by molar-refractivity contribution is 7.85. The lowest BCUT2D eigenvalue weighted by Gasteiger charge is -2.00. The Morgan fingerprint density at radius 2 is 1.85 bits per heavy atom. The van der Waals surface area contributed by atoms with E-state index < -0.39 is 10.1 Å². The molecule has 0 spiro atoms. The third-order valence-electron chi connectivity index (χ3n) is 1.48. The number of rotatable bonds is 3. The maximum atomic E-state index is 10.6. The Morgan fingerprint density at radius 3 is 2.23 bits per heavy atom. The molecule has 0 aliphatic rings. The molecule has 1 rings (SSSR count). The van der Waals surface area contributed by atoms with E-state index in [2.05, 4.69) is 5.32 Å². The van der Waals surface area contributed by atoms with Gasteiger partial charge in [0.15, 0.2) is 0 Å². The molecule has 0 saturated heterocycles. The van der Waals surface area contributed by atoms with Crippen LogP contribution in [0.25, 0.3) is 0 Å². The molecular weight excluding hydrogens is 190 g/mol. The summed E-state index contributed by atoms with van der Waals surface area (Å²) in [6.45, 7) is 2.53. The second kappa shape index (κ2) is 3.76. The van der Waals surface area contributed by atoms with Gasteiger partial charge in [0.2, 0.25) is 0 Å². The van der Waals surface area contributed by atoms with Gasteiger partial charge in [0.05, 0.1) is 10.6 Å². The molecule has 0 aliphatic carbocycles. The summed E-state index contributed by atoms with van der Waals surface area (Å²) in [4.78, 5) is -0.109. The summed E-state index contributed by atoms with van der Waals surface area (Å²) in [5.41, 5.74) is 0.704. The van der Waals surface area contributed by atoms with Crippen molar-refractivity contribution in [2.24, 2.45) is 0 Å². The van der Waals surface area contributed by atoms with Crippen LogP contribution < -0.4 is 5.32 Å². The second-order valence-corrected chi connectivity index (χ2v) is 3.86. The van der Waals surface area contributed by atoms with Crippen molar-refractivity contribution in [3.63, 3.8) is 0 Å². The van der Waals surface area contributed by atoms with Crippen LogP contribution in [-0.4, -0.2) is 19.5 Å². The third-order valence-corrected chi connectivity index (χ3v) is 2.34. The van der Waals surface area contributed by atoms with E-state index in [-0.39, 0.29) is 4.90 Å². The van der Waals surface area contributed by atoms with Crippen LogP contribution >= 0.6 is 0 Å². The van der Waals surface area contributed by atoms with Crippen LogP contribution in [0.3, 0.4) is 0 Å². The molecule has 0 unspecified atom stereocenters. The molecule has 0 bridgehead atoms. The summed E-state index contributed by atoms with van der Waals surface area (Å²) in [5.74, 6) is 0. The molecule has 0 saturated carbocycles. The van der Waals surface area contributed by atoms with E-state index in [1.807, 2.05) is 6.92 Å². The van der Waals surface area contributed by atoms with Gasteiger partial charge in [-0.3, -0.25) is 9.87 Å². The minimum absolute atomic E-state index is 0.109. The average molecular weight is 200 g/mol. The number of benzene rings is 1. The minimum Gasteiger partial charge on any atom is -0.286 e. The van der Waals surface area contributed by atoms with Crippen LogP contribution in [-0.2, 0) is 10.1 Å². The fourth-order valence-corrected chi connectivity index (χ4v) is 1.39. The van der Waals surface area contributed by atoms with Gasteiger partial charge in [-0.15, -0.1) is 0 Å². The smallest absolute Gasteiger partial charge is 0.286 e. The van der Waals surface area contributed by atoms with Gasteiger partial charge in [0, 0.05) is 6.54 Å². The van der Waals surface area contributed by atoms with E-state index in [0.717, 1.165) is 0 Å². The normalized spacial score (nSPS) is 11.2. The molecule has 1 N–H and O–H groups in total. The summed E-state index contributed by atoms with van der Waals surface area (Å²) in [7, 11) is -4.08. The van der Waals surface area contributed by atoms with Crippen LogP contribution in [0.15, 0.2) is 29.2 Å². The molecule has 4 nitrogen and oxygen atoms in total. The maximum Gasteiger partial charge on any atom is 0.294 e. The van der Waals surface area contributed by atoms with Gasteiger partial charge in [-0.1, -0.05) is 0 Å². The predicted octanol–water partition coefficient (Wildman–Crippen LogP) is 1.19. The molecule has 1 aromatic rings. The predicted molar refractivity (Wildman–Crippen MR) is 48.6 cm³/mol. The highest BCUT2D eigenvalue weighted by atomic mass is 32.2. The topological polar surface area (TPSA) is 68.5 Å². The van der Waals surface area contributed by atoms with Crippen LogP contribution in [0.1, 0.15) is 6.92 Å². The first-order chi connectivity index (χ1) is 6.04. The molecule has 0 atom stereocenters. The fourth-order valence-electron chi connectivity index (χ4n) is 0.906. The SMILES string of the molecule is CC[N]c1ccc(S(=O)(=O)O)cc1. The minimum atomic E-state index is -4.08. The molecule has 1 aromatic carbocycles. The van der Waals surface area contributed by atoms with Crippen molar-refractivity contribution in [1.29, 1.82) is 0 Å². The third kappa shape index (κ3) is 2.71. The standard InChI is InChI=1S/C8H10NO3S/c1-2-9-7-3-5-8(6-4-7)13(10,11)12/h3-6H,2H2,1H3,(H,10,11,12). The van der Waals surface area contributed by atoms with E-state index in [4.69, 9.17) is 4.55 Å². The largest absolute Gasteiger partial charge is 0.294 e. The molecule has 1 radical (unpaired) electrons. The van der Waals surface area contributed by atoms with Crippen LogP contribution in [0.4, 0.5) is 5.69 Å². The van der Waals surface area contributed by atoms with Crippen LogP contribution in [0.2, 0.25) is 0 Å². The monoisotopic (exact) mass is 200 g/mol. The van der Waals surface area contributed by atoms with Gasteiger partial charge in [-0.05, 0) is 31.2 Å². The van der Waals surface area contributed by atoms with Gasteiger partial charge >= 0.3 is 0 Å². The first-order valence-corrected chi connectivity index (χ1v) is 5.23. The zero-order valence-electron chi connectivity index (χ0n) is 7.14. The second-order valence-electron chi connectivity index (χ2n) is 2.44. The lowest BCUT2D eigenvalue weighted by atomic mass is 10.3. The molecule has 5 heteroatoms. The zero-order valence-corrected chi connectivity index (χ0v) is 7.95. The zero-order chi connectivity index (χ0) is 9.90. The van der Waals surface area contributed by atoms with Gasteiger partial charge < -0.3 is 0 Å². The molecule has 0 aliphatic heterocycles. The van der Waals surface area contributed by atoms with E-state index in [9.17, 15) is 8.42 Å². The number of nitrogens with zero attached hydrogens (tertiary/aromatic N) is 1. The lowest BCUT2D eigenvalue weighted by molar-refractivity contribution is 0.483. The van der Waals surface area contributed by atoms with E-state index in [1.54, 1.807) is 12.1 Å². The summed E-state index contributed by atoms with van der Waals surface area (Å²) >= 11 is 0. The van der Waals surface area contributed by atoms with Gasteiger partial charge in [0.25, 0.3) is 10.1 Å². The molecule has 13 heavy (non-hydrogen) atoms. The lowest BCUT2D eigenvalue weighted by Crippen LogP contribution is -1.99. The Bertz CT molecular complexity index is 369. The Balaban J connectivity index is 2.94. The van der Waals surface area contributed by atoms with Crippen molar-refractivity contribution < 1.29 is 13.0 Å². The summed E-state index contributed by atoms with van der Waals surface area (Å²) in [5, 5.41) is 4.05. The Labute approximate surface area is 77.3 Å². The van der Waals surface area contributed by atoms with Crippen molar-refractivity contribution >= 4 is 15.8 Å². The Morgan fingerprint density at radius 1 is 1.31 bits per heavy atom. The van der Waals surface area contributed by atoms with Gasteiger partial charge in [-0.25, -0.2) is 0 Å². The highest BCUT2D eigenvalue weighted by Crippen LogP contribution is 2.13. The number of hydrogen-bond acceptors (Lipinski definition) is 2. The van der Waals surface area contributed by atoms with Crippen molar-refractivity contribution in [2.75, 3.05) is 6.54 Å². The van der Waals surface area contributed by atoms with Crippen LogP contribution in [0.5, 0.6) is 0 Å². The van der Waals surface area contributed by atoms with Crippen molar-refractivity contribution in [1.82, 2.24) is 5.32 Å². The van der Waals surface area contributed by atoms with Crippen LogP contribution in [0, 0.1) is 0 Å². The van der Waals surface area contributed by atoms with E-state index in [1.165, 1.54) is 12.1 Å². The summed E-state index contributed by atoms with van der Waals surface area (Å²) in [6, 6.07) is 5.74. The van der Waals surface area contributed by atoms with Crippen molar-refractivity contribution in [3.8, 4) is 0 Å². The molecular formula is C8H10NO3S. The molecule has 0 heterocycles. The van der Waals surface area contributed by atoms with Crippen molar-refractivity contribution in [2.45, 2.75) is 11.8 Å². The van der Waals surface area contributed by atoms with E-state index in [0.29, 0.717) is 12.2 Å². The first kappa shape index (κ1) is 10.0. The first-order valence-electron chi connectivity index (χ1n) is 3.79. The maximum absolute atomic E-state index is 10.6.